The molecule has 0 saturated carbocycles. The number of benzene rings is 1. The number of nitriles is 1. The van der Waals surface area contributed by atoms with Crippen LogP contribution < -0.4 is 0 Å². The number of nitro benzene ring substituents is 1. The molecule has 0 aliphatic rings. The van der Waals surface area contributed by atoms with Gasteiger partial charge in [-0.1, -0.05) is 0 Å². The summed E-state index contributed by atoms with van der Waals surface area (Å²) in [6.45, 7) is 1.15. The minimum Gasteiger partial charge on any atom is -0.298 e. The van der Waals surface area contributed by atoms with Gasteiger partial charge in [-0.25, -0.2) is 0 Å². The normalized spacial score (nSPS) is 9.25. The molecule has 0 aromatic heterocycles. The molecule has 0 spiro atoms. The number of Topliss-reactive ketones (excluding diaryl/α,β-unsaturated/α-hetero) is 1. The van der Waals surface area contributed by atoms with Crippen molar-refractivity contribution >= 4 is 17.8 Å². The number of hydrogen-bond acceptors (Lipinski definition) is 5. The number of rotatable bonds is 3. The van der Waals surface area contributed by atoms with Gasteiger partial charge in [0.1, 0.15) is 5.56 Å². The van der Waals surface area contributed by atoms with Gasteiger partial charge < -0.3 is 0 Å². The molecule has 0 amide bonds. The van der Waals surface area contributed by atoms with Crippen LogP contribution in [0.1, 0.15) is 33.2 Å². The third kappa shape index (κ3) is 1.79. The molecule has 0 radical (unpaired) electrons. The Labute approximate surface area is 90.3 Å². The maximum absolute atomic E-state index is 11.2. The van der Waals surface area contributed by atoms with Crippen molar-refractivity contribution in [2.45, 2.75) is 6.92 Å². The Hall–Kier alpha value is -2.55. The van der Waals surface area contributed by atoms with Gasteiger partial charge in [-0.3, -0.25) is 19.7 Å². The van der Waals surface area contributed by atoms with Crippen molar-refractivity contribution in [1.82, 2.24) is 0 Å². The standard InChI is InChI=1S/C10H6N2O4/c1-6(14)10-7(4-11)2-3-9(12(15)16)8(10)5-13/h2-3,5H,1H3. The molecule has 0 aliphatic heterocycles. The highest BCUT2D eigenvalue weighted by Crippen LogP contribution is 2.24. The van der Waals surface area contributed by atoms with Crippen LogP contribution in [0.3, 0.4) is 0 Å². The summed E-state index contributed by atoms with van der Waals surface area (Å²) in [4.78, 5) is 31.8. The fourth-order valence-electron chi connectivity index (χ4n) is 1.36. The molecule has 0 saturated heterocycles. The van der Waals surface area contributed by atoms with E-state index in [1.165, 1.54) is 0 Å². The molecule has 0 N–H and O–H groups in total. The van der Waals surface area contributed by atoms with E-state index in [4.69, 9.17) is 5.26 Å². The summed E-state index contributed by atoms with van der Waals surface area (Å²) < 4.78 is 0. The average Bonchev–Trinajstić information content (AvgIpc) is 2.26. The molecule has 6 nitrogen and oxygen atoms in total. The molecule has 0 fully saturated rings. The molecule has 6 heteroatoms. The van der Waals surface area contributed by atoms with E-state index in [1.54, 1.807) is 6.07 Å². The van der Waals surface area contributed by atoms with E-state index in [-0.39, 0.29) is 23.0 Å². The van der Waals surface area contributed by atoms with Crippen LogP contribution in [-0.2, 0) is 0 Å². The quantitative estimate of drug-likeness (QED) is 0.331. The van der Waals surface area contributed by atoms with Gasteiger partial charge in [0, 0.05) is 6.07 Å². The Balaban J connectivity index is 3.71. The zero-order valence-corrected chi connectivity index (χ0v) is 8.26. The summed E-state index contributed by atoms with van der Waals surface area (Å²) >= 11 is 0. The molecule has 1 rings (SSSR count). The molecule has 0 heterocycles. The molecule has 1 aromatic carbocycles. The fourth-order valence-corrected chi connectivity index (χ4v) is 1.36. The lowest BCUT2D eigenvalue weighted by Gasteiger charge is -2.03. The highest BCUT2D eigenvalue weighted by molar-refractivity contribution is 6.05. The minimum atomic E-state index is -0.767. The van der Waals surface area contributed by atoms with Crippen molar-refractivity contribution < 1.29 is 14.5 Å². The summed E-state index contributed by atoms with van der Waals surface area (Å²) in [6.07, 6.45) is 0.218. The maximum Gasteiger partial charge on any atom is 0.280 e. The van der Waals surface area contributed by atoms with E-state index in [1.807, 2.05) is 0 Å². The van der Waals surface area contributed by atoms with E-state index in [2.05, 4.69) is 0 Å². The van der Waals surface area contributed by atoms with E-state index in [0.29, 0.717) is 0 Å². The van der Waals surface area contributed by atoms with E-state index < -0.39 is 16.4 Å². The maximum atomic E-state index is 11.2. The first-order valence-corrected chi connectivity index (χ1v) is 4.20. The molecule has 80 valence electrons. The largest absolute Gasteiger partial charge is 0.298 e. The lowest BCUT2D eigenvalue weighted by Crippen LogP contribution is -2.06. The Morgan fingerprint density at radius 1 is 1.56 bits per heavy atom. The smallest absolute Gasteiger partial charge is 0.280 e. The topological polar surface area (TPSA) is 101 Å². The van der Waals surface area contributed by atoms with Crippen LogP contribution in [0.25, 0.3) is 0 Å². The lowest BCUT2D eigenvalue weighted by atomic mass is 9.98. The van der Waals surface area contributed by atoms with Gasteiger partial charge in [-0.15, -0.1) is 0 Å². The minimum absolute atomic E-state index is 0.0415. The first-order chi connectivity index (χ1) is 7.52. The number of carbonyl (C=O) groups is 2. The second kappa shape index (κ2) is 4.31. The summed E-state index contributed by atoms with van der Waals surface area (Å²) in [5, 5.41) is 19.3. The third-order valence-electron chi connectivity index (χ3n) is 2.01. The molecular weight excluding hydrogens is 212 g/mol. The summed E-state index contributed by atoms with van der Waals surface area (Å²) in [5.74, 6) is -0.553. The van der Waals surface area contributed by atoms with Crippen LogP contribution in [0.5, 0.6) is 0 Å². The van der Waals surface area contributed by atoms with Crippen molar-refractivity contribution in [3.8, 4) is 6.07 Å². The van der Waals surface area contributed by atoms with Crippen molar-refractivity contribution in [2.75, 3.05) is 0 Å². The summed E-state index contributed by atoms with van der Waals surface area (Å²) in [7, 11) is 0. The highest BCUT2D eigenvalue weighted by atomic mass is 16.6. The van der Waals surface area contributed by atoms with Crippen molar-refractivity contribution in [3.05, 3.63) is 38.9 Å². The zero-order chi connectivity index (χ0) is 12.3. The molecule has 0 atom stereocenters. The van der Waals surface area contributed by atoms with Crippen LogP contribution >= 0.6 is 0 Å². The number of nitrogens with zero attached hydrogens (tertiary/aromatic N) is 2. The van der Waals surface area contributed by atoms with Crippen LogP contribution in [0.15, 0.2) is 12.1 Å². The van der Waals surface area contributed by atoms with Crippen LogP contribution in [0, 0.1) is 21.4 Å². The Bertz CT molecular complexity index is 528. The molecule has 0 unspecified atom stereocenters. The van der Waals surface area contributed by atoms with E-state index >= 15 is 0 Å². The van der Waals surface area contributed by atoms with Gasteiger partial charge in [0.15, 0.2) is 12.1 Å². The summed E-state index contributed by atoms with van der Waals surface area (Å²) in [6, 6.07) is 3.91. The molecule has 0 bridgehead atoms. The Kier molecular flexibility index (Phi) is 3.11. The second-order valence-electron chi connectivity index (χ2n) is 2.96. The molecule has 1 aromatic rings. The monoisotopic (exact) mass is 218 g/mol. The van der Waals surface area contributed by atoms with Gasteiger partial charge in [-0.2, -0.15) is 5.26 Å². The van der Waals surface area contributed by atoms with Gasteiger partial charge >= 0.3 is 0 Å². The number of aldehydes is 1. The molecule has 16 heavy (non-hydrogen) atoms. The van der Waals surface area contributed by atoms with E-state index in [9.17, 15) is 19.7 Å². The van der Waals surface area contributed by atoms with Gasteiger partial charge in [0.05, 0.1) is 22.1 Å². The number of ketones is 1. The summed E-state index contributed by atoms with van der Waals surface area (Å²) in [5.41, 5.74) is -1.07. The van der Waals surface area contributed by atoms with Crippen LogP contribution in [-0.4, -0.2) is 17.0 Å². The predicted octanol–water partition coefficient (Wildman–Crippen LogP) is 1.48. The highest BCUT2D eigenvalue weighted by Gasteiger charge is 2.22. The SMILES string of the molecule is CC(=O)c1c(C#N)ccc([N+](=O)[O-])c1C=O. The van der Waals surface area contributed by atoms with Gasteiger partial charge in [0.25, 0.3) is 5.69 Å². The molecule has 0 aliphatic carbocycles. The van der Waals surface area contributed by atoms with Crippen molar-refractivity contribution in [3.63, 3.8) is 0 Å². The molecular formula is C10H6N2O4. The average molecular weight is 218 g/mol. The fraction of sp³-hybridized carbons (Fsp3) is 0.100. The van der Waals surface area contributed by atoms with Crippen LogP contribution in [0.4, 0.5) is 5.69 Å². The van der Waals surface area contributed by atoms with E-state index in [0.717, 1.165) is 19.1 Å². The van der Waals surface area contributed by atoms with Crippen molar-refractivity contribution in [1.29, 1.82) is 5.26 Å². The number of nitro groups is 1. The lowest BCUT2D eigenvalue weighted by molar-refractivity contribution is -0.385. The predicted molar refractivity (Wildman–Crippen MR) is 53.2 cm³/mol. The Morgan fingerprint density at radius 2 is 2.19 bits per heavy atom. The van der Waals surface area contributed by atoms with Crippen molar-refractivity contribution in [2.24, 2.45) is 0 Å². The van der Waals surface area contributed by atoms with Gasteiger partial charge in [0.2, 0.25) is 0 Å². The van der Waals surface area contributed by atoms with Gasteiger partial charge in [-0.05, 0) is 13.0 Å². The third-order valence-corrected chi connectivity index (χ3v) is 2.01. The number of carbonyl (C=O) groups excluding carboxylic acids is 2. The first kappa shape index (κ1) is 11.5. The Morgan fingerprint density at radius 3 is 2.56 bits per heavy atom. The second-order valence-corrected chi connectivity index (χ2v) is 2.96. The van der Waals surface area contributed by atoms with Crippen LogP contribution in [0.2, 0.25) is 0 Å². The zero-order valence-electron chi connectivity index (χ0n) is 8.26. The number of hydrogen-bond donors (Lipinski definition) is 0. The first-order valence-electron chi connectivity index (χ1n) is 4.20.